The second-order valence-corrected chi connectivity index (χ2v) is 4.78. The third-order valence-corrected chi connectivity index (χ3v) is 3.25. The highest BCUT2D eigenvalue weighted by Crippen LogP contribution is 2.35. The summed E-state index contributed by atoms with van der Waals surface area (Å²) < 4.78 is 0.519. The van der Waals surface area contributed by atoms with Crippen LogP contribution in [0, 0.1) is 10.1 Å². The lowest BCUT2D eigenvalue weighted by molar-refractivity contribution is -0.385. The highest BCUT2D eigenvalue weighted by molar-refractivity contribution is 9.10. The number of nitrogens with two attached hydrogens (primary N) is 1. The van der Waals surface area contributed by atoms with Crippen LogP contribution >= 0.6 is 15.9 Å². The van der Waals surface area contributed by atoms with Gasteiger partial charge in [-0.1, -0.05) is 26.0 Å². The van der Waals surface area contributed by atoms with E-state index in [9.17, 15) is 10.1 Å². The zero-order chi connectivity index (χ0) is 11.6. The molecule has 4 nitrogen and oxygen atoms in total. The van der Waals surface area contributed by atoms with Gasteiger partial charge in [0.15, 0.2) is 0 Å². The quantitative estimate of drug-likeness (QED) is 0.679. The summed E-state index contributed by atoms with van der Waals surface area (Å²) in [6, 6.07) is 5.00. The Morgan fingerprint density at radius 3 is 2.60 bits per heavy atom. The number of nitrogens with zero attached hydrogens (tertiary/aromatic N) is 1. The Labute approximate surface area is 96.8 Å². The molecule has 1 rings (SSSR count). The molecule has 0 fully saturated rings. The molecule has 0 bridgehead atoms. The molecule has 0 aliphatic carbocycles. The Morgan fingerprint density at radius 2 is 2.13 bits per heavy atom. The lowest BCUT2D eigenvalue weighted by Gasteiger charge is -2.24. The average molecular weight is 273 g/mol. The summed E-state index contributed by atoms with van der Waals surface area (Å²) in [5, 5.41) is 10.7. The first-order chi connectivity index (χ1) is 6.90. The van der Waals surface area contributed by atoms with Gasteiger partial charge in [-0.25, -0.2) is 0 Å². The molecule has 0 saturated heterocycles. The number of halogens is 1. The normalized spacial score (nSPS) is 11.5. The fourth-order valence-corrected chi connectivity index (χ4v) is 2.24. The smallest absolute Gasteiger partial charge is 0.283 e. The summed E-state index contributed by atoms with van der Waals surface area (Å²) in [6.45, 7) is 4.35. The Hall–Kier alpha value is -0.940. The van der Waals surface area contributed by atoms with Crippen LogP contribution in [0.15, 0.2) is 22.7 Å². The molecular formula is C10H13BrN2O2. The van der Waals surface area contributed by atoms with Gasteiger partial charge in [0.2, 0.25) is 0 Å². The molecule has 0 amide bonds. The highest BCUT2D eigenvalue weighted by Gasteiger charge is 2.25. The van der Waals surface area contributed by atoms with Gasteiger partial charge in [0, 0.05) is 18.0 Å². The van der Waals surface area contributed by atoms with Crippen LogP contribution in [0.3, 0.4) is 0 Å². The summed E-state index contributed by atoms with van der Waals surface area (Å²) in [5.41, 5.74) is 6.31. The van der Waals surface area contributed by atoms with E-state index in [4.69, 9.17) is 5.73 Å². The van der Waals surface area contributed by atoms with Gasteiger partial charge in [-0.3, -0.25) is 10.1 Å². The summed E-state index contributed by atoms with van der Waals surface area (Å²) >= 11 is 3.26. The minimum atomic E-state index is -0.403. The Bertz CT molecular complexity index is 391. The van der Waals surface area contributed by atoms with Crippen molar-refractivity contribution in [1.29, 1.82) is 0 Å². The van der Waals surface area contributed by atoms with Gasteiger partial charge in [0.25, 0.3) is 5.69 Å². The number of nitro groups is 1. The molecule has 0 radical (unpaired) electrons. The van der Waals surface area contributed by atoms with Crippen molar-refractivity contribution < 1.29 is 4.92 Å². The maximum absolute atomic E-state index is 10.7. The minimum absolute atomic E-state index is 0.0778. The van der Waals surface area contributed by atoms with Crippen molar-refractivity contribution in [1.82, 2.24) is 0 Å². The fourth-order valence-electron chi connectivity index (χ4n) is 1.29. The number of hydrogen-bond acceptors (Lipinski definition) is 3. The summed E-state index contributed by atoms with van der Waals surface area (Å²) in [4.78, 5) is 10.3. The van der Waals surface area contributed by atoms with Crippen molar-refractivity contribution >= 4 is 21.6 Å². The molecule has 0 aliphatic rings. The second-order valence-electron chi connectivity index (χ2n) is 3.98. The van der Waals surface area contributed by atoms with Crippen LogP contribution in [-0.4, -0.2) is 11.5 Å². The number of nitro benzene ring substituents is 1. The molecule has 0 aromatic heterocycles. The van der Waals surface area contributed by atoms with Crippen LogP contribution in [0.25, 0.3) is 0 Å². The third kappa shape index (κ3) is 2.35. The molecule has 5 heteroatoms. The van der Waals surface area contributed by atoms with Crippen molar-refractivity contribution in [2.24, 2.45) is 5.73 Å². The maximum Gasteiger partial charge on any atom is 0.283 e. The average Bonchev–Trinajstić information content (AvgIpc) is 2.17. The first kappa shape index (κ1) is 12.1. The molecule has 0 atom stereocenters. The topological polar surface area (TPSA) is 69.2 Å². The lowest BCUT2D eigenvalue weighted by atomic mass is 9.85. The number of rotatable bonds is 3. The first-order valence-corrected chi connectivity index (χ1v) is 5.33. The van der Waals surface area contributed by atoms with Crippen molar-refractivity contribution in [3.8, 4) is 0 Å². The van der Waals surface area contributed by atoms with Crippen LogP contribution in [-0.2, 0) is 5.41 Å². The van der Waals surface area contributed by atoms with E-state index in [1.807, 2.05) is 19.9 Å². The van der Waals surface area contributed by atoms with Gasteiger partial charge >= 0.3 is 0 Å². The van der Waals surface area contributed by atoms with E-state index in [1.54, 1.807) is 6.07 Å². The summed E-state index contributed by atoms with van der Waals surface area (Å²) in [6.07, 6.45) is 0. The molecular weight excluding hydrogens is 260 g/mol. The summed E-state index contributed by atoms with van der Waals surface area (Å²) in [5.74, 6) is 0. The Balaban J connectivity index is 3.33. The van der Waals surface area contributed by atoms with Crippen LogP contribution in [0.5, 0.6) is 0 Å². The molecule has 0 heterocycles. The number of benzene rings is 1. The maximum atomic E-state index is 10.7. The lowest BCUT2D eigenvalue weighted by Crippen LogP contribution is -2.28. The SMILES string of the molecule is CC(C)(CN)c1cccc([N+](=O)[O-])c1Br. The highest BCUT2D eigenvalue weighted by atomic mass is 79.9. The van der Waals surface area contributed by atoms with Gasteiger partial charge in [0.1, 0.15) is 0 Å². The van der Waals surface area contributed by atoms with Crippen molar-refractivity contribution in [2.75, 3.05) is 6.54 Å². The van der Waals surface area contributed by atoms with Gasteiger partial charge in [0.05, 0.1) is 9.40 Å². The first-order valence-electron chi connectivity index (χ1n) is 4.53. The molecule has 15 heavy (non-hydrogen) atoms. The number of hydrogen-bond donors (Lipinski definition) is 1. The van der Waals surface area contributed by atoms with E-state index < -0.39 is 4.92 Å². The fraction of sp³-hybridized carbons (Fsp3) is 0.400. The Morgan fingerprint density at radius 1 is 1.53 bits per heavy atom. The predicted octanol–water partition coefficient (Wildman–Crippen LogP) is 2.59. The Kier molecular flexibility index (Phi) is 3.46. The van der Waals surface area contributed by atoms with Crippen LogP contribution in [0.1, 0.15) is 19.4 Å². The predicted molar refractivity (Wildman–Crippen MR) is 62.9 cm³/mol. The van der Waals surface area contributed by atoms with E-state index >= 15 is 0 Å². The molecule has 0 saturated carbocycles. The largest absolute Gasteiger partial charge is 0.330 e. The standard InChI is InChI=1S/C10H13BrN2O2/c1-10(2,6-12)7-4-3-5-8(9(7)11)13(14)15/h3-5H,6,12H2,1-2H3. The molecule has 2 N–H and O–H groups in total. The van der Waals surface area contributed by atoms with Crippen LogP contribution in [0.2, 0.25) is 0 Å². The molecule has 1 aromatic rings. The van der Waals surface area contributed by atoms with E-state index in [2.05, 4.69) is 15.9 Å². The zero-order valence-electron chi connectivity index (χ0n) is 8.66. The molecule has 0 spiro atoms. The van der Waals surface area contributed by atoms with E-state index in [-0.39, 0.29) is 11.1 Å². The molecule has 1 aromatic carbocycles. The van der Waals surface area contributed by atoms with Crippen molar-refractivity contribution in [2.45, 2.75) is 19.3 Å². The minimum Gasteiger partial charge on any atom is -0.330 e. The van der Waals surface area contributed by atoms with E-state index in [1.165, 1.54) is 6.07 Å². The van der Waals surface area contributed by atoms with Crippen LogP contribution in [0.4, 0.5) is 5.69 Å². The van der Waals surface area contributed by atoms with Gasteiger partial charge < -0.3 is 5.73 Å². The van der Waals surface area contributed by atoms with Crippen molar-refractivity contribution in [3.05, 3.63) is 38.3 Å². The zero-order valence-corrected chi connectivity index (χ0v) is 10.2. The van der Waals surface area contributed by atoms with Gasteiger partial charge in [-0.05, 0) is 21.5 Å². The van der Waals surface area contributed by atoms with E-state index in [0.29, 0.717) is 11.0 Å². The van der Waals surface area contributed by atoms with E-state index in [0.717, 1.165) is 5.56 Å². The van der Waals surface area contributed by atoms with Crippen LogP contribution < -0.4 is 5.73 Å². The molecule has 82 valence electrons. The third-order valence-electron chi connectivity index (χ3n) is 2.41. The molecule has 0 aliphatic heterocycles. The van der Waals surface area contributed by atoms with Crippen molar-refractivity contribution in [3.63, 3.8) is 0 Å². The second kappa shape index (κ2) is 4.28. The van der Waals surface area contributed by atoms with Gasteiger partial charge in [-0.15, -0.1) is 0 Å². The monoisotopic (exact) mass is 272 g/mol. The summed E-state index contributed by atoms with van der Waals surface area (Å²) in [7, 11) is 0. The molecule has 0 unspecified atom stereocenters. The van der Waals surface area contributed by atoms with Gasteiger partial charge in [-0.2, -0.15) is 0 Å².